The molecule has 1 aliphatic heterocycles. The van der Waals surface area contributed by atoms with Gasteiger partial charge in [-0.15, -0.1) is 0 Å². The number of nitrogens with two attached hydrogens (primary N) is 3. The lowest BCUT2D eigenvalue weighted by Crippen LogP contribution is -2.70. The van der Waals surface area contributed by atoms with E-state index >= 15 is 0 Å². The summed E-state index contributed by atoms with van der Waals surface area (Å²) in [4.78, 5) is 31.8. The summed E-state index contributed by atoms with van der Waals surface area (Å²) in [5.74, 6) is -0.342. The molecule has 1 heterocycles. The molecule has 51 heavy (non-hydrogen) atoms. The maximum atomic E-state index is 13.4. The number of nitrogens with zero attached hydrogens (tertiary/aromatic N) is 2. The highest BCUT2D eigenvalue weighted by Crippen LogP contribution is 2.75. The van der Waals surface area contributed by atoms with Gasteiger partial charge in [-0.25, -0.2) is 0 Å². The van der Waals surface area contributed by atoms with Gasteiger partial charge >= 0.3 is 11.9 Å². The predicted octanol–water partition coefficient (Wildman–Crippen LogP) is 4.75. The number of guanidine groups is 2. The van der Waals surface area contributed by atoms with Crippen molar-refractivity contribution < 1.29 is 28.9 Å². The quantitative estimate of drug-likeness (QED) is 0.0618. The van der Waals surface area contributed by atoms with Gasteiger partial charge in [0.25, 0.3) is 0 Å². The van der Waals surface area contributed by atoms with E-state index in [0.717, 1.165) is 25.7 Å². The Balaban J connectivity index is 1.46. The highest BCUT2D eigenvalue weighted by atomic mass is 16.6. The molecule has 12 nitrogen and oxygen atoms in total. The summed E-state index contributed by atoms with van der Waals surface area (Å²) >= 11 is 0. The zero-order valence-electron chi connectivity index (χ0n) is 32.4. The number of carboxylic acid groups (broad SMARTS) is 1. The third kappa shape index (κ3) is 6.44. The molecule has 5 aliphatic rings. The topological polar surface area (TPSA) is 200 Å². The molecule has 288 valence electrons. The van der Waals surface area contributed by atoms with Crippen LogP contribution >= 0.6 is 0 Å². The van der Waals surface area contributed by atoms with Crippen LogP contribution in [0, 0.1) is 62.1 Å². The second-order valence-electron chi connectivity index (χ2n) is 18.0. The Bertz CT molecular complexity index is 1420. The number of hydrogen-bond acceptors (Lipinski definition) is 7. The molecule has 0 aromatic carbocycles. The Morgan fingerprint density at radius 2 is 1.78 bits per heavy atom. The van der Waals surface area contributed by atoms with Crippen molar-refractivity contribution >= 4 is 23.9 Å². The molecular weight excluding hydrogens is 648 g/mol. The first-order chi connectivity index (χ1) is 23.8. The smallest absolute Gasteiger partial charge is 0.307 e. The van der Waals surface area contributed by atoms with Crippen LogP contribution < -0.4 is 17.2 Å². The highest BCUT2D eigenvalue weighted by molar-refractivity contribution is 5.76. The monoisotopic (exact) mass is 715 g/mol. The maximum Gasteiger partial charge on any atom is 0.307 e. The minimum absolute atomic E-state index is 0.0316. The number of esters is 1. The van der Waals surface area contributed by atoms with Crippen molar-refractivity contribution in [2.45, 2.75) is 113 Å². The highest BCUT2D eigenvalue weighted by Gasteiger charge is 2.72. The molecule has 11 atom stereocenters. The van der Waals surface area contributed by atoms with Crippen molar-refractivity contribution in [1.29, 1.82) is 5.41 Å². The normalized spacial score (nSPS) is 40.5. The van der Waals surface area contributed by atoms with E-state index in [1.165, 1.54) is 12.5 Å². The van der Waals surface area contributed by atoms with Crippen molar-refractivity contribution in [2.24, 2.45) is 78.9 Å². The SMILES string of the molecule is CC(=O)O[C@@H]1C[C@@]23COCC(C)([C@H]1OCCN(CCCN=C(N)N)C(=N)N)[C@@H]2CC[C@H]1C3=CC[C@@]2(C)[C@H](C(=O)O)[C@@](C)([C@H](C)C(C)C)CC[C@]12C. The van der Waals surface area contributed by atoms with Crippen molar-refractivity contribution in [3.8, 4) is 0 Å². The summed E-state index contributed by atoms with van der Waals surface area (Å²) in [5.41, 5.74) is 16.6. The van der Waals surface area contributed by atoms with E-state index in [2.05, 4.69) is 59.5 Å². The number of aliphatic imine (C=N–C) groups is 1. The summed E-state index contributed by atoms with van der Waals surface area (Å²) in [6.45, 7) is 20.0. The Kier molecular flexibility index (Phi) is 10.9. The molecular formula is C39H66N6O6. The van der Waals surface area contributed by atoms with Gasteiger partial charge in [-0.3, -0.25) is 20.0 Å². The number of ether oxygens (including phenoxy) is 3. The van der Waals surface area contributed by atoms with Crippen LogP contribution in [0.3, 0.4) is 0 Å². The molecule has 5 rings (SSSR count). The number of carboxylic acids is 1. The van der Waals surface area contributed by atoms with Gasteiger partial charge in [0.2, 0.25) is 0 Å². The van der Waals surface area contributed by atoms with Crippen LogP contribution in [-0.2, 0) is 23.8 Å². The van der Waals surface area contributed by atoms with E-state index in [9.17, 15) is 14.7 Å². The number of aliphatic carboxylic acids is 1. The standard InChI is InChI=1S/C39H66N6O6/c1-23(2)24(3)35(5)14-15-37(7)26-10-11-29-36(6)21-49-22-39(29,27(26)12-13-38(37,8)30(35)32(47)48)20-28(51-25(4)46)31(36)50-19-18-45(34(42)43)17-9-16-44-33(40)41/h12,23-24,26,28-31H,9-11,13-22H2,1-8H3,(H3,42,43)(H,47,48)(H4,40,41,44)/t24-,26+,28-,29+,30-,31+,35-,36?,37-,38+,39+/m1/s1. The second-order valence-corrected chi connectivity index (χ2v) is 18.0. The summed E-state index contributed by atoms with van der Waals surface area (Å²) in [6.07, 6.45) is 7.31. The fourth-order valence-corrected chi connectivity index (χ4v) is 12.3. The van der Waals surface area contributed by atoms with Crippen molar-refractivity contribution in [1.82, 2.24) is 4.90 Å². The van der Waals surface area contributed by atoms with Crippen LogP contribution in [0.2, 0.25) is 0 Å². The molecule has 8 N–H and O–H groups in total. The molecule has 12 heteroatoms. The fraction of sp³-hybridized carbons (Fsp3) is 0.846. The first-order valence-electron chi connectivity index (χ1n) is 19.2. The van der Waals surface area contributed by atoms with Crippen molar-refractivity contribution in [3.05, 3.63) is 11.6 Å². The number of hydrogen-bond donors (Lipinski definition) is 5. The molecule has 0 amide bonds. The lowest BCUT2D eigenvalue weighted by molar-refractivity contribution is -0.267. The lowest BCUT2D eigenvalue weighted by Gasteiger charge is -2.71. The van der Waals surface area contributed by atoms with E-state index < -0.39 is 34.9 Å². The van der Waals surface area contributed by atoms with Crippen LogP contribution in [0.1, 0.15) is 100 Å². The van der Waals surface area contributed by atoms with Crippen LogP contribution in [0.25, 0.3) is 0 Å². The summed E-state index contributed by atoms with van der Waals surface area (Å²) in [6, 6.07) is 0. The maximum absolute atomic E-state index is 13.4. The fourth-order valence-electron chi connectivity index (χ4n) is 12.3. The van der Waals surface area contributed by atoms with Crippen molar-refractivity contribution in [2.75, 3.05) is 39.5 Å². The molecule has 1 unspecified atom stereocenters. The third-order valence-corrected chi connectivity index (χ3v) is 15.3. The first-order valence-corrected chi connectivity index (χ1v) is 19.2. The van der Waals surface area contributed by atoms with Crippen molar-refractivity contribution in [3.63, 3.8) is 0 Å². The van der Waals surface area contributed by atoms with Gasteiger partial charge in [-0.2, -0.15) is 0 Å². The molecule has 0 spiro atoms. The van der Waals surface area contributed by atoms with Gasteiger partial charge in [0.15, 0.2) is 11.9 Å². The van der Waals surface area contributed by atoms with Gasteiger partial charge in [0.1, 0.15) is 12.2 Å². The molecule has 1 saturated heterocycles. The van der Waals surface area contributed by atoms with Crippen LogP contribution in [0.5, 0.6) is 0 Å². The number of fused-ring (bicyclic) bond motifs is 3. The van der Waals surface area contributed by atoms with E-state index in [1.54, 1.807) is 4.90 Å². The van der Waals surface area contributed by atoms with Gasteiger partial charge < -0.3 is 41.4 Å². The predicted molar refractivity (Wildman–Crippen MR) is 198 cm³/mol. The van der Waals surface area contributed by atoms with Gasteiger partial charge in [0, 0.05) is 37.4 Å². The zero-order valence-corrected chi connectivity index (χ0v) is 32.4. The Labute approximate surface area is 305 Å². The second kappa shape index (κ2) is 14.2. The zero-order chi connectivity index (χ0) is 37.7. The number of carbonyl (C=O) groups is 2. The summed E-state index contributed by atoms with van der Waals surface area (Å²) in [7, 11) is 0. The van der Waals surface area contributed by atoms with Gasteiger partial charge in [-0.1, -0.05) is 60.1 Å². The number of rotatable bonds is 12. The van der Waals surface area contributed by atoms with E-state index in [1.807, 2.05) is 0 Å². The minimum Gasteiger partial charge on any atom is -0.481 e. The Morgan fingerprint density at radius 1 is 1.08 bits per heavy atom. The lowest BCUT2D eigenvalue weighted by atomic mass is 9.34. The van der Waals surface area contributed by atoms with Crippen LogP contribution in [0.4, 0.5) is 0 Å². The molecule has 0 radical (unpaired) electrons. The largest absolute Gasteiger partial charge is 0.481 e. The number of allylic oxidation sites excluding steroid dienone is 1. The number of carbonyl (C=O) groups excluding carboxylic acids is 1. The average Bonchev–Trinajstić information content (AvgIpc) is 3.02. The molecule has 4 aliphatic carbocycles. The molecule has 2 bridgehead atoms. The molecule has 3 saturated carbocycles. The summed E-state index contributed by atoms with van der Waals surface area (Å²) in [5, 5.41) is 19.1. The molecule has 0 aromatic heterocycles. The average molecular weight is 715 g/mol. The van der Waals surface area contributed by atoms with Gasteiger partial charge in [-0.05, 0) is 84.9 Å². The first kappa shape index (κ1) is 39.3. The molecule has 4 fully saturated rings. The Morgan fingerprint density at radius 3 is 2.39 bits per heavy atom. The summed E-state index contributed by atoms with van der Waals surface area (Å²) < 4.78 is 19.5. The van der Waals surface area contributed by atoms with Gasteiger partial charge in [0.05, 0.1) is 25.7 Å². The minimum atomic E-state index is -0.666. The van der Waals surface area contributed by atoms with E-state index in [0.29, 0.717) is 64.6 Å². The van der Waals surface area contributed by atoms with Crippen LogP contribution in [-0.4, -0.2) is 85.5 Å². The third-order valence-electron chi connectivity index (χ3n) is 15.3. The Hall–Kier alpha value is -2.86. The van der Waals surface area contributed by atoms with E-state index in [-0.39, 0.29) is 51.9 Å². The van der Waals surface area contributed by atoms with Crippen LogP contribution in [0.15, 0.2) is 16.6 Å². The van der Waals surface area contributed by atoms with E-state index in [4.69, 9.17) is 36.8 Å². The molecule has 0 aromatic rings. The number of nitrogens with one attached hydrogen (secondary N) is 1.